The Hall–Kier alpha value is -0.880. The van der Waals surface area contributed by atoms with E-state index >= 15 is 0 Å². The average molecular weight is 1040 g/mol. The van der Waals surface area contributed by atoms with E-state index in [0.717, 1.165) is 45.2 Å². The molecule has 0 aliphatic carbocycles. The summed E-state index contributed by atoms with van der Waals surface area (Å²) >= 11 is 16.9. The van der Waals surface area contributed by atoms with Gasteiger partial charge in [0.15, 0.2) is 0 Å². The third-order valence-electron chi connectivity index (χ3n) is 12.5. The molecule has 1 atom stereocenters. The van der Waals surface area contributed by atoms with Gasteiger partial charge in [0.05, 0.1) is 37.9 Å². The van der Waals surface area contributed by atoms with Crippen LogP contribution in [0.3, 0.4) is 0 Å². The molecule has 330 valence electrons. The largest absolute Gasteiger partial charge is 0.274 e. The van der Waals surface area contributed by atoms with Crippen molar-refractivity contribution in [3.05, 3.63) is 42.0 Å². The molecule has 0 radical (unpaired) electrons. The van der Waals surface area contributed by atoms with Crippen LogP contribution in [0, 0.1) is 5.92 Å². The van der Waals surface area contributed by atoms with Crippen molar-refractivity contribution in [2.24, 2.45) is 5.92 Å². The number of amides is 2. The lowest BCUT2D eigenvalue weighted by Crippen LogP contribution is -2.35. The molecule has 0 aromatic carbocycles. The Labute approximate surface area is 398 Å². The summed E-state index contributed by atoms with van der Waals surface area (Å²) in [7, 11) is 0. The van der Waals surface area contributed by atoms with Crippen molar-refractivity contribution in [2.75, 3.05) is 6.54 Å². The number of unbranched alkanes of at least 4 members (excludes halogenated alkanes) is 18. The highest BCUT2D eigenvalue weighted by atomic mass is 79.9. The van der Waals surface area contributed by atoms with Gasteiger partial charge in [-0.3, -0.25) is 14.5 Å². The summed E-state index contributed by atoms with van der Waals surface area (Å²) in [4.78, 5) is 35.7. The van der Waals surface area contributed by atoms with Gasteiger partial charge in [0, 0.05) is 25.7 Å². The van der Waals surface area contributed by atoms with E-state index in [0.29, 0.717) is 23.6 Å². The number of thiophene rings is 5. The summed E-state index contributed by atoms with van der Waals surface area (Å²) in [5.41, 5.74) is 4.17. The van der Waals surface area contributed by atoms with Crippen molar-refractivity contribution in [1.82, 2.24) is 4.90 Å². The molecule has 5 aromatic heterocycles. The van der Waals surface area contributed by atoms with Crippen LogP contribution >= 0.6 is 88.5 Å². The lowest BCUT2D eigenvalue weighted by molar-refractivity contribution is 0.0622. The number of nitrogens with zero attached hydrogens (tertiary/aromatic N) is 1. The molecule has 1 aliphatic heterocycles. The highest BCUT2D eigenvalue weighted by Crippen LogP contribution is 2.54. The monoisotopic (exact) mass is 1030 g/mol. The van der Waals surface area contributed by atoms with Crippen LogP contribution in [0.2, 0.25) is 0 Å². The van der Waals surface area contributed by atoms with E-state index in [1.165, 1.54) is 179 Å². The van der Waals surface area contributed by atoms with Crippen LogP contribution < -0.4 is 0 Å². The first-order valence-electron chi connectivity index (χ1n) is 23.8. The second-order valence-corrected chi connectivity index (χ2v) is 25.2. The quantitative estimate of drug-likeness (QED) is 0.0339. The van der Waals surface area contributed by atoms with Crippen LogP contribution in [0.15, 0.2) is 19.7 Å². The summed E-state index contributed by atoms with van der Waals surface area (Å²) in [6, 6.07) is 4.63. The molecule has 0 spiro atoms. The molecular weight excluding hydrogens is 967 g/mol. The fourth-order valence-corrected chi connectivity index (χ4v) is 17.5. The van der Waals surface area contributed by atoms with Crippen molar-refractivity contribution < 1.29 is 9.59 Å². The molecule has 1 aliphatic rings. The zero-order chi connectivity index (χ0) is 42.4. The van der Waals surface area contributed by atoms with Crippen LogP contribution in [0.5, 0.6) is 0 Å². The van der Waals surface area contributed by atoms with E-state index in [1.807, 2.05) is 45.3 Å². The Bertz CT molecular complexity index is 1990. The van der Waals surface area contributed by atoms with E-state index in [9.17, 15) is 9.59 Å². The fraction of sp³-hybridized carbons (Fsp3) is 0.640. The molecule has 3 nitrogen and oxygen atoms in total. The van der Waals surface area contributed by atoms with Gasteiger partial charge in [-0.15, -0.1) is 56.7 Å². The number of hydrogen-bond donors (Lipinski definition) is 0. The van der Waals surface area contributed by atoms with Crippen LogP contribution in [0.1, 0.15) is 214 Å². The summed E-state index contributed by atoms with van der Waals surface area (Å²) in [6.45, 7) is 9.64. The highest BCUT2D eigenvalue weighted by Gasteiger charge is 2.43. The Morgan fingerprint density at radius 1 is 0.483 bits per heavy atom. The summed E-state index contributed by atoms with van der Waals surface area (Å²) in [5.74, 6) is 0.219. The Balaban J connectivity index is 1.32. The number of carbonyl (C=O) groups is 2. The minimum atomic E-state index is -0.0656. The predicted octanol–water partition coefficient (Wildman–Crippen LogP) is 19.9. The molecular formula is C50H69Br2NO2S5. The van der Waals surface area contributed by atoms with Crippen molar-refractivity contribution >= 4 is 119 Å². The number of halogens is 2. The number of fused-ring (bicyclic) bond motifs is 3. The standard InChI is InChI=1S/C50H69Br2NO2S5/c1-5-9-13-17-20-24-28-34(27-23-16-12-8-4)33-53-49(54)41-42(50(53)55)46(40-32-38-44(57-40)36(48(52)59-38)30-26-22-19-15-11-7-3)60-45(41)39-31-37-43(56-39)35(47(51)58-37)29-25-21-18-14-10-6-2/h31-32,34H,5-30,33H2,1-4H3. The first-order chi connectivity index (χ1) is 29.3. The first kappa shape index (κ1) is 48.6. The van der Waals surface area contributed by atoms with Gasteiger partial charge in [-0.2, -0.15) is 0 Å². The second kappa shape index (κ2) is 25.0. The maximum atomic E-state index is 14.9. The molecule has 5 aromatic rings. The van der Waals surface area contributed by atoms with E-state index in [1.54, 1.807) is 16.2 Å². The number of hydrogen-bond acceptors (Lipinski definition) is 7. The van der Waals surface area contributed by atoms with Crippen LogP contribution in [-0.4, -0.2) is 23.3 Å². The Kier molecular flexibility index (Phi) is 20.2. The SMILES string of the molecule is CCCCCCCCc1c(Br)sc2cc(-c3sc(-c4cc5sc(Br)c(CCCCCCCC)c5s4)c4c3C(=O)N(CC(CCCCCC)CCCCCCCC)C4=O)sc12. The van der Waals surface area contributed by atoms with E-state index in [2.05, 4.69) is 71.7 Å². The first-order valence-corrected chi connectivity index (χ1v) is 29.4. The molecule has 0 saturated carbocycles. The van der Waals surface area contributed by atoms with Crippen LogP contribution in [0.4, 0.5) is 0 Å². The highest BCUT2D eigenvalue weighted by molar-refractivity contribution is 9.11. The number of imide groups is 1. The van der Waals surface area contributed by atoms with Gasteiger partial charge in [-0.25, -0.2) is 0 Å². The maximum Gasteiger partial charge on any atom is 0.263 e. The number of carbonyl (C=O) groups excluding carboxylic acids is 2. The Morgan fingerprint density at radius 2 is 0.850 bits per heavy atom. The van der Waals surface area contributed by atoms with Crippen LogP contribution in [0.25, 0.3) is 38.3 Å². The molecule has 2 amide bonds. The van der Waals surface area contributed by atoms with Gasteiger partial charge in [-0.05, 0) is 99.6 Å². The van der Waals surface area contributed by atoms with Gasteiger partial charge in [0.1, 0.15) is 0 Å². The van der Waals surface area contributed by atoms with Crippen LogP contribution in [-0.2, 0) is 12.8 Å². The normalized spacial score (nSPS) is 13.6. The van der Waals surface area contributed by atoms with Crippen molar-refractivity contribution in [2.45, 2.75) is 195 Å². The third kappa shape index (κ3) is 12.3. The minimum absolute atomic E-state index is 0.0656. The molecule has 6 heterocycles. The molecule has 0 bridgehead atoms. The molecule has 0 fully saturated rings. The zero-order valence-electron chi connectivity index (χ0n) is 36.9. The van der Waals surface area contributed by atoms with E-state index in [-0.39, 0.29) is 11.8 Å². The molecule has 1 unspecified atom stereocenters. The predicted molar refractivity (Wildman–Crippen MR) is 277 cm³/mol. The lowest BCUT2D eigenvalue weighted by atomic mass is 9.93. The van der Waals surface area contributed by atoms with E-state index in [4.69, 9.17) is 0 Å². The van der Waals surface area contributed by atoms with Gasteiger partial charge in [-0.1, -0.05) is 156 Å². The molecule has 0 N–H and O–H groups in total. The summed E-state index contributed by atoms with van der Waals surface area (Å²) < 4.78 is 7.75. The average Bonchev–Trinajstić information content (AvgIpc) is 4.07. The number of rotatable bonds is 30. The topological polar surface area (TPSA) is 37.4 Å². The van der Waals surface area contributed by atoms with E-state index < -0.39 is 0 Å². The van der Waals surface area contributed by atoms with Gasteiger partial charge >= 0.3 is 0 Å². The molecule has 0 saturated heterocycles. The maximum absolute atomic E-state index is 14.9. The Morgan fingerprint density at radius 3 is 1.27 bits per heavy atom. The fourth-order valence-electron chi connectivity index (χ4n) is 9.00. The molecule has 10 heteroatoms. The zero-order valence-corrected chi connectivity index (χ0v) is 44.1. The second-order valence-electron chi connectivity index (χ2n) is 17.4. The minimum Gasteiger partial charge on any atom is -0.274 e. The van der Waals surface area contributed by atoms with Gasteiger partial charge in [0.2, 0.25) is 0 Å². The third-order valence-corrected chi connectivity index (χ3v) is 20.6. The van der Waals surface area contributed by atoms with Crippen molar-refractivity contribution in [3.63, 3.8) is 0 Å². The summed E-state index contributed by atoms with van der Waals surface area (Å²) in [5, 5.41) is 0. The van der Waals surface area contributed by atoms with Crippen molar-refractivity contribution in [1.29, 1.82) is 0 Å². The molecule has 60 heavy (non-hydrogen) atoms. The van der Waals surface area contributed by atoms with Gasteiger partial charge < -0.3 is 0 Å². The van der Waals surface area contributed by atoms with Gasteiger partial charge in [0.25, 0.3) is 11.8 Å². The number of aryl methyl sites for hydroxylation is 2. The van der Waals surface area contributed by atoms with Crippen molar-refractivity contribution in [3.8, 4) is 19.5 Å². The lowest BCUT2D eigenvalue weighted by Gasteiger charge is -2.23. The summed E-state index contributed by atoms with van der Waals surface area (Å²) in [6.07, 6.45) is 32.2. The smallest absolute Gasteiger partial charge is 0.263 e. The molecule has 6 rings (SSSR count).